The maximum absolute atomic E-state index is 9.37. The zero-order valence-electron chi connectivity index (χ0n) is 17.0. The van der Waals surface area contributed by atoms with E-state index in [0.717, 1.165) is 42.0 Å². The van der Waals surface area contributed by atoms with Crippen LogP contribution in [0.3, 0.4) is 0 Å². The number of hydrogen-bond acceptors (Lipinski definition) is 5. The summed E-state index contributed by atoms with van der Waals surface area (Å²) >= 11 is 0. The predicted octanol–water partition coefficient (Wildman–Crippen LogP) is 4.49. The van der Waals surface area contributed by atoms with Gasteiger partial charge in [-0.05, 0) is 61.2 Å². The number of methoxy groups -OCH3 is 1. The van der Waals surface area contributed by atoms with Gasteiger partial charge in [0.05, 0.1) is 7.11 Å². The third-order valence-corrected chi connectivity index (χ3v) is 4.80. The summed E-state index contributed by atoms with van der Waals surface area (Å²) in [6.07, 6.45) is 5.54. The molecule has 0 radical (unpaired) electrons. The number of phenolic OH excluding ortho intramolecular Hbond substituents is 1. The molecule has 5 nitrogen and oxygen atoms in total. The van der Waals surface area contributed by atoms with Crippen molar-refractivity contribution in [3.63, 3.8) is 0 Å². The van der Waals surface area contributed by atoms with Gasteiger partial charge >= 0.3 is 0 Å². The quantitative estimate of drug-likeness (QED) is 0.532. The van der Waals surface area contributed by atoms with Gasteiger partial charge in [0.15, 0.2) is 11.5 Å². The Morgan fingerprint density at radius 1 is 1.00 bits per heavy atom. The van der Waals surface area contributed by atoms with Crippen LogP contribution in [0, 0.1) is 0 Å². The van der Waals surface area contributed by atoms with Crippen LogP contribution in [0.1, 0.15) is 30.0 Å². The molecule has 2 N–H and O–H groups in total. The first kappa shape index (κ1) is 20.7. The van der Waals surface area contributed by atoms with E-state index < -0.39 is 0 Å². The number of aromatic nitrogens is 1. The number of benzene rings is 2. The van der Waals surface area contributed by atoms with E-state index in [2.05, 4.69) is 23.3 Å². The average molecular weight is 392 g/mol. The molecule has 3 aromatic rings. The Kier molecular flexibility index (Phi) is 7.47. The second-order valence-corrected chi connectivity index (χ2v) is 7.12. The van der Waals surface area contributed by atoms with Crippen LogP contribution >= 0.6 is 0 Å². The van der Waals surface area contributed by atoms with Gasteiger partial charge in [-0.2, -0.15) is 0 Å². The molecule has 0 aliphatic rings. The molecule has 0 fully saturated rings. The van der Waals surface area contributed by atoms with E-state index in [-0.39, 0.29) is 0 Å². The molecule has 0 saturated heterocycles. The molecule has 1 atom stereocenters. The highest BCUT2D eigenvalue weighted by atomic mass is 16.5. The molecular weight excluding hydrogens is 364 g/mol. The van der Waals surface area contributed by atoms with Crippen molar-refractivity contribution in [2.75, 3.05) is 7.11 Å². The number of nitrogens with one attached hydrogen (secondary N) is 1. The van der Waals surface area contributed by atoms with Crippen LogP contribution < -0.4 is 14.8 Å². The summed E-state index contributed by atoms with van der Waals surface area (Å²) in [5, 5.41) is 12.9. The van der Waals surface area contributed by atoms with Crippen molar-refractivity contribution >= 4 is 0 Å². The third-order valence-electron chi connectivity index (χ3n) is 4.80. The van der Waals surface area contributed by atoms with Crippen molar-refractivity contribution in [2.24, 2.45) is 0 Å². The van der Waals surface area contributed by atoms with Gasteiger partial charge in [-0.1, -0.05) is 24.3 Å². The van der Waals surface area contributed by atoms with Crippen molar-refractivity contribution in [1.29, 1.82) is 0 Å². The van der Waals surface area contributed by atoms with Crippen molar-refractivity contribution < 1.29 is 14.6 Å². The van der Waals surface area contributed by atoms with Gasteiger partial charge in [-0.15, -0.1) is 0 Å². The van der Waals surface area contributed by atoms with Crippen LogP contribution in [-0.4, -0.2) is 23.2 Å². The number of hydrogen-bond donors (Lipinski definition) is 2. The minimum Gasteiger partial charge on any atom is -0.508 e. The van der Waals surface area contributed by atoms with Crippen molar-refractivity contribution in [3.05, 3.63) is 83.7 Å². The van der Waals surface area contributed by atoms with Crippen LogP contribution in [0.15, 0.2) is 67.0 Å². The lowest BCUT2D eigenvalue weighted by atomic mass is 10.1. The molecule has 1 aromatic heterocycles. The fourth-order valence-electron chi connectivity index (χ4n) is 3.03. The molecule has 5 heteroatoms. The summed E-state index contributed by atoms with van der Waals surface area (Å²) < 4.78 is 11.4. The number of aromatic hydroxyl groups is 1. The summed E-state index contributed by atoms with van der Waals surface area (Å²) in [6.45, 7) is 3.39. The molecule has 3 rings (SSSR count). The zero-order chi connectivity index (χ0) is 20.5. The highest BCUT2D eigenvalue weighted by Gasteiger charge is 2.08. The predicted molar refractivity (Wildman–Crippen MR) is 114 cm³/mol. The van der Waals surface area contributed by atoms with Crippen LogP contribution in [0.25, 0.3) is 0 Å². The lowest BCUT2D eigenvalue weighted by molar-refractivity contribution is 0.283. The summed E-state index contributed by atoms with van der Waals surface area (Å²) in [7, 11) is 1.65. The number of pyridine rings is 1. The van der Waals surface area contributed by atoms with Gasteiger partial charge in [0.1, 0.15) is 12.4 Å². The molecule has 1 unspecified atom stereocenters. The van der Waals surface area contributed by atoms with Crippen LogP contribution in [0.2, 0.25) is 0 Å². The smallest absolute Gasteiger partial charge is 0.161 e. The second kappa shape index (κ2) is 10.5. The molecule has 0 spiro atoms. The maximum atomic E-state index is 9.37. The summed E-state index contributed by atoms with van der Waals surface area (Å²) in [6, 6.07) is 17.7. The molecule has 29 heavy (non-hydrogen) atoms. The Bertz CT molecular complexity index is 882. The summed E-state index contributed by atoms with van der Waals surface area (Å²) in [4.78, 5) is 4.12. The van der Waals surface area contributed by atoms with Crippen LogP contribution in [-0.2, 0) is 19.6 Å². The molecule has 0 bridgehead atoms. The Balaban J connectivity index is 1.52. The fraction of sp³-hybridized carbons (Fsp3) is 0.292. The highest BCUT2D eigenvalue weighted by Crippen LogP contribution is 2.29. The largest absolute Gasteiger partial charge is 0.508 e. The van der Waals surface area contributed by atoms with Gasteiger partial charge in [0.25, 0.3) is 0 Å². The lowest BCUT2D eigenvalue weighted by Crippen LogP contribution is -2.26. The normalized spacial score (nSPS) is 11.8. The van der Waals surface area contributed by atoms with Crippen LogP contribution in [0.4, 0.5) is 0 Å². The Morgan fingerprint density at radius 3 is 2.52 bits per heavy atom. The number of aryl methyl sites for hydroxylation is 1. The van der Waals surface area contributed by atoms with Crippen molar-refractivity contribution in [1.82, 2.24) is 10.3 Å². The molecule has 0 aliphatic carbocycles. The fourth-order valence-corrected chi connectivity index (χ4v) is 3.03. The standard InChI is InChI=1S/C24H28N2O3/c1-18(5-6-19-7-10-22(27)11-8-19)26-16-20-9-12-23(28-2)24(14-20)29-17-21-4-3-13-25-15-21/h3-4,7-15,18,26-27H,5-6,16-17H2,1-2H3. The van der Waals surface area contributed by atoms with Gasteiger partial charge in [-0.25, -0.2) is 0 Å². The summed E-state index contributed by atoms with van der Waals surface area (Å²) in [5.74, 6) is 1.76. The van der Waals surface area contributed by atoms with E-state index in [1.807, 2.05) is 36.4 Å². The Hall–Kier alpha value is -3.05. The maximum Gasteiger partial charge on any atom is 0.161 e. The molecule has 0 amide bonds. The third kappa shape index (κ3) is 6.50. The summed E-state index contributed by atoms with van der Waals surface area (Å²) in [5.41, 5.74) is 3.39. The monoisotopic (exact) mass is 392 g/mol. The molecule has 0 saturated carbocycles. The first-order chi connectivity index (χ1) is 14.1. The van der Waals surface area contributed by atoms with Gasteiger partial charge in [0, 0.05) is 30.5 Å². The molecule has 152 valence electrons. The zero-order valence-corrected chi connectivity index (χ0v) is 17.0. The number of rotatable bonds is 10. The molecule has 2 aromatic carbocycles. The second-order valence-electron chi connectivity index (χ2n) is 7.12. The van der Waals surface area contributed by atoms with Gasteiger partial charge in [-0.3, -0.25) is 4.98 Å². The highest BCUT2D eigenvalue weighted by molar-refractivity contribution is 5.43. The lowest BCUT2D eigenvalue weighted by Gasteiger charge is -2.16. The molecular formula is C24H28N2O3. The first-order valence-electron chi connectivity index (χ1n) is 9.84. The van der Waals surface area contributed by atoms with E-state index in [0.29, 0.717) is 18.4 Å². The van der Waals surface area contributed by atoms with Gasteiger partial charge < -0.3 is 19.9 Å². The average Bonchev–Trinajstić information content (AvgIpc) is 2.76. The van der Waals surface area contributed by atoms with Crippen LogP contribution in [0.5, 0.6) is 17.2 Å². The van der Waals surface area contributed by atoms with Crippen molar-refractivity contribution in [3.8, 4) is 17.2 Å². The van der Waals surface area contributed by atoms with E-state index >= 15 is 0 Å². The number of ether oxygens (including phenoxy) is 2. The topological polar surface area (TPSA) is 63.6 Å². The number of phenols is 1. The minimum absolute atomic E-state index is 0.306. The van der Waals surface area contributed by atoms with Gasteiger partial charge in [0.2, 0.25) is 0 Å². The Labute approximate surface area is 172 Å². The van der Waals surface area contributed by atoms with E-state index in [9.17, 15) is 5.11 Å². The number of nitrogens with zero attached hydrogens (tertiary/aromatic N) is 1. The van der Waals surface area contributed by atoms with E-state index in [1.54, 1.807) is 31.6 Å². The SMILES string of the molecule is COc1ccc(CNC(C)CCc2ccc(O)cc2)cc1OCc1cccnc1. The molecule has 1 heterocycles. The molecule has 0 aliphatic heterocycles. The van der Waals surface area contributed by atoms with E-state index in [4.69, 9.17) is 9.47 Å². The minimum atomic E-state index is 0.306. The van der Waals surface area contributed by atoms with E-state index in [1.165, 1.54) is 5.56 Å². The Morgan fingerprint density at radius 2 is 1.79 bits per heavy atom. The first-order valence-corrected chi connectivity index (χ1v) is 9.84. The van der Waals surface area contributed by atoms with Crippen molar-refractivity contribution in [2.45, 2.75) is 39.0 Å².